The average Bonchev–Trinajstić information content (AvgIpc) is 3.15. The molecule has 0 aliphatic heterocycles. The van der Waals surface area contributed by atoms with Gasteiger partial charge in [0, 0.05) is 12.8 Å². The molecule has 2 aromatic rings. The molecule has 4 heteroatoms. The summed E-state index contributed by atoms with van der Waals surface area (Å²) in [5.74, 6) is 1.69. The van der Waals surface area contributed by atoms with E-state index in [9.17, 15) is 0 Å². The van der Waals surface area contributed by atoms with Crippen molar-refractivity contribution in [1.82, 2.24) is 10.1 Å². The van der Waals surface area contributed by atoms with Crippen LogP contribution in [-0.2, 0) is 11.8 Å². The lowest BCUT2D eigenvalue weighted by Gasteiger charge is -2.10. The molecule has 4 nitrogen and oxygen atoms in total. The van der Waals surface area contributed by atoms with Crippen molar-refractivity contribution >= 4 is 0 Å². The minimum absolute atomic E-state index is 0.0402. The van der Waals surface area contributed by atoms with E-state index in [1.807, 2.05) is 25.1 Å². The monoisotopic (exact) mass is 267 g/mol. The first-order chi connectivity index (χ1) is 9.74. The molecule has 0 spiro atoms. The van der Waals surface area contributed by atoms with Gasteiger partial charge in [-0.2, -0.15) is 10.2 Å². The van der Waals surface area contributed by atoms with Crippen LogP contribution in [-0.4, -0.2) is 10.1 Å². The van der Waals surface area contributed by atoms with Crippen molar-refractivity contribution in [3.63, 3.8) is 0 Å². The zero-order valence-corrected chi connectivity index (χ0v) is 11.5. The van der Waals surface area contributed by atoms with Gasteiger partial charge in [-0.3, -0.25) is 0 Å². The Kier molecular flexibility index (Phi) is 3.27. The fourth-order valence-electron chi connectivity index (χ4n) is 2.58. The van der Waals surface area contributed by atoms with Crippen LogP contribution in [0.1, 0.15) is 43.5 Å². The van der Waals surface area contributed by atoms with Crippen molar-refractivity contribution in [3.05, 3.63) is 47.6 Å². The smallest absolute Gasteiger partial charge is 0.226 e. The van der Waals surface area contributed by atoms with Crippen molar-refractivity contribution in [2.45, 2.75) is 38.0 Å². The molecule has 1 saturated carbocycles. The Morgan fingerprint density at radius 2 is 2.10 bits per heavy atom. The molecule has 0 saturated heterocycles. The lowest BCUT2D eigenvalue weighted by molar-refractivity contribution is 0.353. The van der Waals surface area contributed by atoms with Crippen LogP contribution in [0.25, 0.3) is 0 Å². The van der Waals surface area contributed by atoms with Crippen LogP contribution in [0.5, 0.6) is 0 Å². The number of hydrogen-bond acceptors (Lipinski definition) is 4. The van der Waals surface area contributed by atoms with Gasteiger partial charge >= 0.3 is 0 Å². The second-order valence-electron chi connectivity index (χ2n) is 5.63. The normalized spacial score (nSPS) is 17.4. The number of rotatable bonds is 5. The lowest BCUT2D eigenvalue weighted by Crippen LogP contribution is -2.11. The summed E-state index contributed by atoms with van der Waals surface area (Å²) in [5.41, 5.74) is 1.22. The van der Waals surface area contributed by atoms with Gasteiger partial charge in [-0.1, -0.05) is 42.4 Å². The van der Waals surface area contributed by atoms with Crippen molar-refractivity contribution < 1.29 is 4.52 Å². The van der Waals surface area contributed by atoms with E-state index in [0.717, 1.165) is 18.7 Å². The van der Waals surface area contributed by atoms with Gasteiger partial charge < -0.3 is 4.52 Å². The van der Waals surface area contributed by atoms with Gasteiger partial charge in [-0.25, -0.2) is 0 Å². The molecule has 0 N–H and O–H groups in total. The first-order valence-electron chi connectivity index (χ1n) is 7.00. The maximum absolute atomic E-state index is 8.69. The summed E-state index contributed by atoms with van der Waals surface area (Å²) in [6.45, 7) is 2.02. The Hall–Kier alpha value is -2.15. The Morgan fingerprint density at radius 1 is 1.35 bits per heavy atom. The van der Waals surface area contributed by atoms with Crippen LogP contribution >= 0.6 is 0 Å². The maximum atomic E-state index is 8.69. The summed E-state index contributed by atoms with van der Waals surface area (Å²) in [6.07, 6.45) is 3.33. The predicted octanol–water partition coefficient (Wildman–Crippen LogP) is 3.24. The minimum atomic E-state index is -0.0402. The van der Waals surface area contributed by atoms with Gasteiger partial charge in [0.25, 0.3) is 0 Å². The third-order valence-electron chi connectivity index (χ3n) is 3.94. The quantitative estimate of drug-likeness (QED) is 0.834. The number of hydrogen-bond donors (Lipinski definition) is 0. The van der Waals surface area contributed by atoms with Crippen LogP contribution < -0.4 is 0 Å². The molecule has 0 amide bonds. The minimum Gasteiger partial charge on any atom is -0.339 e. The average molecular weight is 267 g/mol. The highest BCUT2D eigenvalue weighted by Gasteiger charge is 2.49. The Balaban J connectivity index is 1.79. The summed E-state index contributed by atoms with van der Waals surface area (Å²) in [5, 5.41) is 12.9. The highest BCUT2D eigenvalue weighted by atomic mass is 16.5. The van der Waals surface area contributed by atoms with Crippen molar-refractivity contribution in [2.24, 2.45) is 5.92 Å². The fourth-order valence-corrected chi connectivity index (χ4v) is 2.58. The molecule has 1 unspecified atom stereocenters. The summed E-state index contributed by atoms with van der Waals surface area (Å²) < 4.78 is 5.36. The number of benzene rings is 1. The molecular weight excluding hydrogens is 250 g/mol. The molecular formula is C16H17N3O. The maximum Gasteiger partial charge on any atom is 0.226 e. The topological polar surface area (TPSA) is 62.7 Å². The van der Waals surface area contributed by atoms with E-state index in [2.05, 4.69) is 28.3 Å². The van der Waals surface area contributed by atoms with E-state index in [1.54, 1.807) is 0 Å². The van der Waals surface area contributed by atoms with E-state index in [1.165, 1.54) is 5.56 Å². The number of aromatic nitrogens is 2. The summed E-state index contributed by atoms with van der Waals surface area (Å²) in [6, 6.07) is 12.5. The van der Waals surface area contributed by atoms with Gasteiger partial charge in [0.15, 0.2) is 5.82 Å². The summed E-state index contributed by atoms with van der Waals surface area (Å²) >= 11 is 0. The standard InChI is InChI=1S/C16H17N3O/c1-12(7-10-17)11-14-18-15(19-20-14)16(8-9-16)13-5-3-2-4-6-13/h2-6,12H,7-9,11H2,1H3. The van der Waals surface area contributed by atoms with Crippen molar-refractivity contribution in [3.8, 4) is 6.07 Å². The molecule has 0 radical (unpaired) electrons. The third-order valence-corrected chi connectivity index (χ3v) is 3.94. The molecule has 1 atom stereocenters. The van der Waals surface area contributed by atoms with E-state index in [4.69, 9.17) is 9.78 Å². The molecule has 1 aliphatic rings. The first kappa shape index (κ1) is 12.9. The van der Waals surface area contributed by atoms with Crippen molar-refractivity contribution in [2.75, 3.05) is 0 Å². The number of nitrogens with zero attached hydrogens (tertiary/aromatic N) is 3. The van der Waals surface area contributed by atoms with Crippen molar-refractivity contribution in [1.29, 1.82) is 5.26 Å². The van der Waals surface area contributed by atoms with Crippen LogP contribution in [0.15, 0.2) is 34.9 Å². The van der Waals surface area contributed by atoms with E-state index >= 15 is 0 Å². The molecule has 1 aliphatic carbocycles. The zero-order valence-electron chi connectivity index (χ0n) is 11.5. The second-order valence-corrected chi connectivity index (χ2v) is 5.63. The Morgan fingerprint density at radius 3 is 2.75 bits per heavy atom. The van der Waals surface area contributed by atoms with Gasteiger partial charge in [-0.15, -0.1) is 0 Å². The molecule has 1 heterocycles. The van der Waals surface area contributed by atoms with E-state index in [0.29, 0.717) is 18.7 Å². The summed E-state index contributed by atoms with van der Waals surface area (Å²) in [4.78, 5) is 4.56. The predicted molar refractivity (Wildman–Crippen MR) is 73.9 cm³/mol. The first-order valence-corrected chi connectivity index (χ1v) is 7.00. The molecule has 1 fully saturated rings. The molecule has 1 aromatic carbocycles. The highest BCUT2D eigenvalue weighted by molar-refractivity contribution is 5.38. The van der Waals surface area contributed by atoms with Gasteiger partial charge in [-0.05, 0) is 24.3 Å². The summed E-state index contributed by atoms with van der Waals surface area (Å²) in [7, 11) is 0. The molecule has 102 valence electrons. The molecule has 20 heavy (non-hydrogen) atoms. The van der Waals surface area contributed by atoms with Gasteiger partial charge in [0.05, 0.1) is 11.5 Å². The number of nitriles is 1. The zero-order chi connectivity index (χ0) is 14.0. The van der Waals surface area contributed by atoms with Gasteiger partial charge in [0.2, 0.25) is 5.89 Å². The van der Waals surface area contributed by atoms with Gasteiger partial charge in [0.1, 0.15) is 0 Å². The van der Waals surface area contributed by atoms with Crippen LogP contribution in [0.2, 0.25) is 0 Å². The van der Waals surface area contributed by atoms with Crippen LogP contribution in [0, 0.1) is 17.2 Å². The lowest BCUT2D eigenvalue weighted by atomic mass is 9.95. The Bertz CT molecular complexity index is 623. The van der Waals surface area contributed by atoms with Crippen LogP contribution in [0.3, 0.4) is 0 Å². The third kappa shape index (κ3) is 2.32. The second kappa shape index (κ2) is 5.09. The fraction of sp³-hybridized carbons (Fsp3) is 0.438. The molecule has 0 bridgehead atoms. The molecule has 1 aromatic heterocycles. The van der Waals surface area contributed by atoms with E-state index < -0.39 is 0 Å². The molecule has 3 rings (SSSR count). The highest BCUT2D eigenvalue weighted by Crippen LogP contribution is 2.52. The Labute approximate surface area is 118 Å². The van der Waals surface area contributed by atoms with Crippen LogP contribution in [0.4, 0.5) is 0 Å². The van der Waals surface area contributed by atoms with E-state index in [-0.39, 0.29) is 11.3 Å². The SMILES string of the molecule is CC(CC#N)Cc1nc(C2(c3ccccc3)CC2)no1. The largest absolute Gasteiger partial charge is 0.339 e.